The van der Waals surface area contributed by atoms with Crippen LogP contribution in [0.15, 0.2) is 23.2 Å². The molecule has 2 heterocycles. The molecule has 142 valence electrons. The third-order valence-corrected chi connectivity index (χ3v) is 6.83. The van der Waals surface area contributed by atoms with Gasteiger partial charge in [0.15, 0.2) is 0 Å². The Morgan fingerprint density at radius 3 is 2.42 bits per heavy atom. The summed E-state index contributed by atoms with van der Waals surface area (Å²) in [5.74, 6) is 0.879. The van der Waals surface area contributed by atoms with Gasteiger partial charge >= 0.3 is 0 Å². The number of fused-ring (bicyclic) bond motifs is 2. The summed E-state index contributed by atoms with van der Waals surface area (Å²) in [7, 11) is 0. The van der Waals surface area contributed by atoms with E-state index in [-0.39, 0.29) is 11.0 Å². The van der Waals surface area contributed by atoms with Gasteiger partial charge in [-0.1, -0.05) is 45.7 Å². The fraction of sp³-hybridized carbons (Fsp3) is 0.708. The first-order valence-corrected chi connectivity index (χ1v) is 10.6. The van der Waals surface area contributed by atoms with E-state index in [4.69, 9.17) is 4.99 Å². The second kappa shape index (κ2) is 6.19. The van der Waals surface area contributed by atoms with Gasteiger partial charge in [-0.3, -0.25) is 9.89 Å². The third kappa shape index (κ3) is 3.15. The molecule has 0 N–H and O–H groups in total. The molecule has 1 aliphatic carbocycles. The predicted molar refractivity (Wildman–Crippen MR) is 112 cm³/mol. The quantitative estimate of drug-likeness (QED) is 0.601. The maximum Gasteiger partial charge on any atom is 0.0668 e. The zero-order valence-electron chi connectivity index (χ0n) is 17.6. The lowest BCUT2D eigenvalue weighted by Crippen LogP contribution is -2.52. The van der Waals surface area contributed by atoms with E-state index in [1.807, 2.05) is 0 Å². The first-order chi connectivity index (χ1) is 12.1. The van der Waals surface area contributed by atoms with Crippen molar-refractivity contribution in [3.63, 3.8) is 0 Å². The van der Waals surface area contributed by atoms with Crippen LogP contribution in [0.4, 0.5) is 5.69 Å². The lowest BCUT2D eigenvalue weighted by molar-refractivity contribution is 0.0728. The lowest BCUT2D eigenvalue weighted by Gasteiger charge is -2.43. The second-order valence-corrected chi connectivity index (χ2v) is 10.8. The van der Waals surface area contributed by atoms with E-state index >= 15 is 0 Å². The van der Waals surface area contributed by atoms with E-state index in [1.165, 1.54) is 54.6 Å². The minimum absolute atomic E-state index is 0.188. The van der Waals surface area contributed by atoms with Crippen molar-refractivity contribution in [2.24, 2.45) is 10.9 Å². The topological polar surface area (TPSA) is 15.6 Å². The lowest BCUT2D eigenvalue weighted by atomic mass is 9.84. The van der Waals surface area contributed by atoms with Crippen molar-refractivity contribution in [1.82, 2.24) is 4.90 Å². The van der Waals surface area contributed by atoms with Gasteiger partial charge in [-0.2, -0.15) is 0 Å². The number of hydrogen-bond acceptors (Lipinski definition) is 2. The van der Waals surface area contributed by atoms with E-state index in [0.717, 1.165) is 18.4 Å². The highest BCUT2D eigenvalue weighted by Gasteiger charge is 2.48. The molecule has 3 atom stereocenters. The Labute approximate surface area is 160 Å². The average molecular weight is 353 g/mol. The van der Waals surface area contributed by atoms with Crippen molar-refractivity contribution in [2.75, 3.05) is 0 Å². The Hall–Kier alpha value is -1.15. The van der Waals surface area contributed by atoms with Gasteiger partial charge in [0.05, 0.1) is 5.69 Å². The summed E-state index contributed by atoms with van der Waals surface area (Å²) >= 11 is 0. The molecule has 0 spiro atoms. The van der Waals surface area contributed by atoms with E-state index in [1.54, 1.807) is 0 Å². The van der Waals surface area contributed by atoms with Crippen molar-refractivity contribution < 1.29 is 0 Å². The van der Waals surface area contributed by atoms with Gasteiger partial charge in [0.1, 0.15) is 0 Å². The molecule has 0 aromatic heterocycles. The van der Waals surface area contributed by atoms with Gasteiger partial charge in [-0.15, -0.1) is 0 Å². The van der Waals surface area contributed by atoms with Gasteiger partial charge in [-0.05, 0) is 68.6 Å². The molecule has 0 radical (unpaired) electrons. The molecule has 1 saturated heterocycles. The normalized spacial score (nSPS) is 29.5. The summed E-state index contributed by atoms with van der Waals surface area (Å²) in [6, 6.07) is 8.29. The first-order valence-electron chi connectivity index (χ1n) is 10.6. The molecule has 3 aliphatic rings. The third-order valence-electron chi connectivity index (χ3n) is 6.83. The van der Waals surface area contributed by atoms with Crippen LogP contribution in [-0.4, -0.2) is 28.2 Å². The molecular formula is C24H36N2. The smallest absolute Gasteiger partial charge is 0.0668 e. The summed E-state index contributed by atoms with van der Waals surface area (Å²) in [6.45, 7) is 14.1. The highest BCUT2D eigenvalue weighted by Crippen LogP contribution is 2.45. The zero-order chi connectivity index (χ0) is 18.7. The molecule has 2 nitrogen and oxygen atoms in total. The maximum absolute atomic E-state index is 5.20. The van der Waals surface area contributed by atoms with Crippen LogP contribution in [0, 0.1) is 5.92 Å². The van der Waals surface area contributed by atoms with Crippen LogP contribution in [0.25, 0.3) is 0 Å². The summed E-state index contributed by atoms with van der Waals surface area (Å²) in [5, 5.41) is 0. The Morgan fingerprint density at radius 1 is 1.00 bits per heavy atom. The number of aliphatic imine (C=N–C) groups is 1. The summed E-state index contributed by atoms with van der Waals surface area (Å²) in [4.78, 5) is 8.04. The van der Waals surface area contributed by atoms with Crippen molar-refractivity contribution in [1.29, 1.82) is 0 Å². The molecule has 1 saturated carbocycles. The Morgan fingerprint density at radius 2 is 1.73 bits per heavy atom. The van der Waals surface area contributed by atoms with Gasteiger partial charge in [0, 0.05) is 29.8 Å². The van der Waals surface area contributed by atoms with Crippen molar-refractivity contribution >= 4 is 11.4 Å². The highest BCUT2D eigenvalue weighted by atomic mass is 15.3. The van der Waals surface area contributed by atoms with Crippen LogP contribution >= 0.6 is 0 Å². The summed E-state index contributed by atoms with van der Waals surface area (Å²) in [5.41, 5.74) is 5.89. The Balaban J connectivity index is 1.66. The van der Waals surface area contributed by atoms with Gasteiger partial charge in [-0.25, -0.2) is 0 Å². The van der Waals surface area contributed by atoms with Crippen molar-refractivity contribution in [3.05, 3.63) is 29.3 Å². The molecule has 1 aromatic carbocycles. The monoisotopic (exact) mass is 352 g/mol. The molecule has 2 aliphatic heterocycles. The van der Waals surface area contributed by atoms with E-state index in [0.29, 0.717) is 6.04 Å². The number of hydrogen-bond donors (Lipinski definition) is 0. The van der Waals surface area contributed by atoms with Crippen LogP contribution in [0.5, 0.6) is 0 Å². The highest BCUT2D eigenvalue weighted by molar-refractivity contribution is 5.98. The summed E-state index contributed by atoms with van der Waals surface area (Å²) in [6.07, 6.45) is 8.00. The van der Waals surface area contributed by atoms with E-state index in [2.05, 4.69) is 64.6 Å². The largest absolute Gasteiger partial charge is 0.287 e. The molecule has 4 rings (SSSR count). The Bertz CT molecular complexity index is 717. The van der Waals surface area contributed by atoms with Crippen LogP contribution in [0.1, 0.15) is 84.8 Å². The molecule has 0 amide bonds. The predicted octanol–water partition coefficient (Wildman–Crippen LogP) is 6.04. The summed E-state index contributed by atoms with van der Waals surface area (Å²) < 4.78 is 0. The fourth-order valence-corrected chi connectivity index (χ4v) is 5.59. The first kappa shape index (κ1) is 18.2. The van der Waals surface area contributed by atoms with Gasteiger partial charge in [0.25, 0.3) is 0 Å². The SMILES string of the molecule is CC(C)(C)c1ccc2c(c1)N=C([C@@H]1C[C@@H]3CCCC[C@@H]3N1C(C)(C)C)C2. The molecule has 0 bridgehead atoms. The van der Waals surface area contributed by atoms with E-state index < -0.39 is 0 Å². The van der Waals surface area contributed by atoms with E-state index in [9.17, 15) is 0 Å². The Kier molecular flexibility index (Phi) is 4.34. The molecule has 2 fully saturated rings. The van der Waals surface area contributed by atoms with Crippen LogP contribution in [-0.2, 0) is 11.8 Å². The minimum Gasteiger partial charge on any atom is -0.287 e. The van der Waals surface area contributed by atoms with Crippen LogP contribution in [0.3, 0.4) is 0 Å². The molecule has 26 heavy (non-hydrogen) atoms. The minimum atomic E-state index is 0.188. The zero-order valence-corrected chi connectivity index (χ0v) is 17.6. The van der Waals surface area contributed by atoms with Gasteiger partial charge < -0.3 is 0 Å². The van der Waals surface area contributed by atoms with Crippen LogP contribution in [0.2, 0.25) is 0 Å². The maximum atomic E-state index is 5.20. The molecule has 1 aromatic rings. The standard InChI is InChI=1S/C24H36N2/c1-23(2,3)18-12-11-16-13-20(25-19(16)15-18)22-14-17-9-7-8-10-21(17)26(22)24(4,5)6/h11-12,15,17,21-22H,7-10,13-14H2,1-6H3/t17-,21-,22-/m0/s1. The number of likely N-dealkylation sites (tertiary alicyclic amines) is 1. The molecular weight excluding hydrogens is 316 g/mol. The van der Waals surface area contributed by atoms with Crippen molar-refractivity contribution in [2.45, 2.75) is 103 Å². The fourth-order valence-electron chi connectivity index (χ4n) is 5.59. The molecule has 2 heteroatoms. The second-order valence-electron chi connectivity index (χ2n) is 10.8. The van der Waals surface area contributed by atoms with Crippen molar-refractivity contribution in [3.8, 4) is 0 Å². The molecule has 0 unspecified atom stereocenters. The van der Waals surface area contributed by atoms with Gasteiger partial charge in [0.2, 0.25) is 0 Å². The number of rotatable bonds is 1. The average Bonchev–Trinajstić information content (AvgIpc) is 3.13. The number of benzene rings is 1. The van der Waals surface area contributed by atoms with Crippen LogP contribution < -0.4 is 0 Å². The number of nitrogens with zero attached hydrogens (tertiary/aromatic N) is 2.